The number of hydrogen-bond donors (Lipinski definition) is 1. The van der Waals surface area contributed by atoms with Crippen LogP contribution in [-0.2, 0) is 11.3 Å². The van der Waals surface area contributed by atoms with Crippen LogP contribution >= 0.6 is 0 Å². The Morgan fingerprint density at radius 1 is 1.29 bits per heavy atom. The lowest BCUT2D eigenvalue weighted by Crippen LogP contribution is -2.47. The Kier molecular flexibility index (Phi) is 5.41. The standard InChI is InChI=1S/C19H26N4O/c1-3-18(19(24)22-14-8-4-5-9-14)23(2)13-15-12-20-16-10-6-7-11-17(16)21-15/h6-7,10-12,14,18H,3-5,8-9,13H2,1-2H3,(H,22,24)/t18-/m1/s1. The third-order valence-corrected chi connectivity index (χ3v) is 4.83. The van der Waals surface area contributed by atoms with Gasteiger partial charge in [0.1, 0.15) is 0 Å². The van der Waals surface area contributed by atoms with Gasteiger partial charge in [-0.05, 0) is 38.4 Å². The maximum atomic E-state index is 12.6. The summed E-state index contributed by atoms with van der Waals surface area (Å²) in [6.07, 6.45) is 7.27. The third-order valence-electron chi connectivity index (χ3n) is 4.83. The molecule has 24 heavy (non-hydrogen) atoms. The Morgan fingerprint density at radius 2 is 2.00 bits per heavy atom. The van der Waals surface area contributed by atoms with Crippen LogP contribution in [0.1, 0.15) is 44.7 Å². The molecule has 0 radical (unpaired) electrons. The van der Waals surface area contributed by atoms with Crippen molar-refractivity contribution in [2.45, 2.75) is 57.7 Å². The highest BCUT2D eigenvalue weighted by molar-refractivity contribution is 5.82. The fourth-order valence-corrected chi connectivity index (χ4v) is 3.50. The number of amides is 1. The van der Waals surface area contributed by atoms with E-state index < -0.39 is 0 Å². The molecule has 1 aliphatic carbocycles. The van der Waals surface area contributed by atoms with Crippen LogP contribution in [0.4, 0.5) is 0 Å². The number of para-hydroxylation sites is 2. The summed E-state index contributed by atoms with van der Waals surface area (Å²) in [5.41, 5.74) is 2.69. The van der Waals surface area contributed by atoms with Crippen molar-refractivity contribution < 1.29 is 4.79 Å². The summed E-state index contributed by atoms with van der Waals surface area (Å²) in [6.45, 7) is 2.68. The molecule has 0 spiro atoms. The lowest BCUT2D eigenvalue weighted by molar-refractivity contribution is -0.127. The minimum Gasteiger partial charge on any atom is -0.352 e. The predicted molar refractivity (Wildman–Crippen MR) is 95.5 cm³/mol. The van der Waals surface area contributed by atoms with Crippen LogP contribution in [0, 0.1) is 0 Å². The van der Waals surface area contributed by atoms with Crippen molar-refractivity contribution in [3.05, 3.63) is 36.2 Å². The number of hydrogen-bond acceptors (Lipinski definition) is 4. The van der Waals surface area contributed by atoms with Crippen molar-refractivity contribution in [2.24, 2.45) is 0 Å². The van der Waals surface area contributed by atoms with E-state index in [1.165, 1.54) is 12.8 Å². The molecule has 3 rings (SSSR count). The van der Waals surface area contributed by atoms with Gasteiger partial charge in [0, 0.05) is 12.6 Å². The summed E-state index contributed by atoms with van der Waals surface area (Å²) in [7, 11) is 1.99. The molecule has 1 N–H and O–H groups in total. The molecule has 1 saturated carbocycles. The van der Waals surface area contributed by atoms with Gasteiger partial charge >= 0.3 is 0 Å². The number of benzene rings is 1. The van der Waals surface area contributed by atoms with Crippen LogP contribution in [0.5, 0.6) is 0 Å². The van der Waals surface area contributed by atoms with Crippen molar-refractivity contribution in [1.82, 2.24) is 20.2 Å². The van der Waals surface area contributed by atoms with Crippen LogP contribution in [0.25, 0.3) is 11.0 Å². The van der Waals surface area contributed by atoms with Crippen molar-refractivity contribution in [2.75, 3.05) is 7.05 Å². The van der Waals surface area contributed by atoms with Gasteiger partial charge in [-0.1, -0.05) is 31.9 Å². The first-order valence-corrected chi connectivity index (χ1v) is 8.88. The lowest BCUT2D eigenvalue weighted by atomic mass is 10.1. The molecule has 5 nitrogen and oxygen atoms in total. The van der Waals surface area contributed by atoms with Crippen molar-refractivity contribution >= 4 is 16.9 Å². The first kappa shape index (κ1) is 16.8. The number of likely N-dealkylation sites (N-methyl/N-ethyl adjacent to an activating group) is 1. The van der Waals surface area contributed by atoms with Crippen LogP contribution in [0.3, 0.4) is 0 Å². The highest BCUT2D eigenvalue weighted by Gasteiger charge is 2.25. The molecular weight excluding hydrogens is 300 g/mol. The molecule has 1 aromatic carbocycles. The second-order valence-corrected chi connectivity index (χ2v) is 6.68. The number of nitrogens with zero attached hydrogens (tertiary/aromatic N) is 3. The Balaban J connectivity index is 1.66. The van der Waals surface area contributed by atoms with E-state index in [0.717, 1.165) is 36.0 Å². The van der Waals surface area contributed by atoms with Gasteiger partial charge in [0.05, 0.1) is 29.0 Å². The van der Waals surface area contributed by atoms with E-state index in [1.807, 2.05) is 31.3 Å². The molecule has 0 bridgehead atoms. The van der Waals surface area contributed by atoms with E-state index in [0.29, 0.717) is 12.6 Å². The predicted octanol–water partition coefficient (Wildman–Crippen LogP) is 2.90. The molecule has 5 heteroatoms. The van der Waals surface area contributed by atoms with Crippen molar-refractivity contribution in [3.63, 3.8) is 0 Å². The maximum Gasteiger partial charge on any atom is 0.237 e. The summed E-state index contributed by atoms with van der Waals surface area (Å²) in [4.78, 5) is 23.8. The Bertz CT molecular complexity index is 697. The van der Waals surface area contributed by atoms with Gasteiger partial charge in [0.15, 0.2) is 0 Å². The van der Waals surface area contributed by atoms with Gasteiger partial charge in [-0.2, -0.15) is 0 Å². The minimum atomic E-state index is -0.126. The SMILES string of the molecule is CC[C@H](C(=O)NC1CCCC1)N(C)Cc1cnc2ccccc2n1. The second-order valence-electron chi connectivity index (χ2n) is 6.68. The van der Waals surface area contributed by atoms with Gasteiger partial charge < -0.3 is 5.32 Å². The number of rotatable bonds is 6. The zero-order chi connectivity index (χ0) is 16.9. The Labute approximate surface area is 143 Å². The Hall–Kier alpha value is -2.01. The number of aromatic nitrogens is 2. The minimum absolute atomic E-state index is 0.126. The van der Waals surface area contributed by atoms with E-state index in [4.69, 9.17) is 0 Å². The average Bonchev–Trinajstić information content (AvgIpc) is 3.08. The first-order valence-electron chi connectivity index (χ1n) is 8.88. The zero-order valence-electron chi connectivity index (χ0n) is 14.5. The number of nitrogens with one attached hydrogen (secondary N) is 1. The highest BCUT2D eigenvalue weighted by atomic mass is 16.2. The van der Waals surface area contributed by atoms with Crippen molar-refractivity contribution in [3.8, 4) is 0 Å². The normalized spacial score (nSPS) is 16.6. The first-order chi connectivity index (χ1) is 11.7. The van der Waals surface area contributed by atoms with Crippen LogP contribution in [-0.4, -0.2) is 39.9 Å². The van der Waals surface area contributed by atoms with Crippen LogP contribution < -0.4 is 5.32 Å². The van der Waals surface area contributed by atoms with Gasteiger partial charge in [-0.15, -0.1) is 0 Å². The molecule has 1 atom stereocenters. The molecular formula is C19H26N4O. The summed E-state index contributed by atoms with van der Waals surface area (Å²) in [5.74, 6) is 0.139. The zero-order valence-corrected chi connectivity index (χ0v) is 14.5. The monoisotopic (exact) mass is 326 g/mol. The van der Waals surface area contributed by atoms with Gasteiger partial charge in [-0.25, -0.2) is 4.98 Å². The quantitative estimate of drug-likeness (QED) is 0.887. The fraction of sp³-hybridized carbons (Fsp3) is 0.526. The number of carbonyl (C=O) groups is 1. The lowest BCUT2D eigenvalue weighted by Gasteiger charge is -2.27. The molecule has 1 heterocycles. The fourth-order valence-electron chi connectivity index (χ4n) is 3.50. The highest BCUT2D eigenvalue weighted by Crippen LogP contribution is 2.18. The number of fused-ring (bicyclic) bond motifs is 1. The van der Waals surface area contributed by atoms with E-state index in [-0.39, 0.29) is 11.9 Å². The molecule has 128 valence electrons. The summed E-state index contributed by atoms with van der Waals surface area (Å²) >= 11 is 0. The second kappa shape index (κ2) is 7.71. The largest absolute Gasteiger partial charge is 0.352 e. The van der Waals surface area contributed by atoms with Crippen LogP contribution in [0.15, 0.2) is 30.5 Å². The Morgan fingerprint density at radius 3 is 2.71 bits per heavy atom. The van der Waals surface area contributed by atoms with Gasteiger partial charge in [-0.3, -0.25) is 14.7 Å². The molecule has 1 fully saturated rings. The summed E-state index contributed by atoms with van der Waals surface area (Å²) < 4.78 is 0. The molecule has 0 aliphatic heterocycles. The molecule has 1 aliphatic rings. The molecule has 1 aromatic heterocycles. The van der Waals surface area contributed by atoms with E-state index in [9.17, 15) is 4.79 Å². The van der Waals surface area contributed by atoms with E-state index in [1.54, 1.807) is 6.20 Å². The van der Waals surface area contributed by atoms with Crippen molar-refractivity contribution in [1.29, 1.82) is 0 Å². The average molecular weight is 326 g/mol. The van der Waals surface area contributed by atoms with E-state index >= 15 is 0 Å². The topological polar surface area (TPSA) is 58.1 Å². The van der Waals surface area contributed by atoms with Gasteiger partial charge in [0.25, 0.3) is 0 Å². The molecule has 0 unspecified atom stereocenters. The smallest absolute Gasteiger partial charge is 0.237 e. The number of carbonyl (C=O) groups excluding carboxylic acids is 1. The van der Waals surface area contributed by atoms with E-state index in [2.05, 4.69) is 27.1 Å². The molecule has 2 aromatic rings. The van der Waals surface area contributed by atoms with Gasteiger partial charge in [0.2, 0.25) is 5.91 Å². The maximum absolute atomic E-state index is 12.6. The summed E-state index contributed by atoms with van der Waals surface area (Å²) in [5, 5.41) is 3.21. The third kappa shape index (κ3) is 3.90. The molecule has 0 saturated heterocycles. The summed E-state index contributed by atoms with van der Waals surface area (Å²) in [6, 6.07) is 8.09. The molecule has 1 amide bonds. The van der Waals surface area contributed by atoms with Crippen LogP contribution in [0.2, 0.25) is 0 Å².